The van der Waals surface area contributed by atoms with Crippen LogP contribution in [0.1, 0.15) is 34.9 Å². The van der Waals surface area contributed by atoms with Gasteiger partial charge in [-0.05, 0) is 38.1 Å². The Hall–Kier alpha value is -2.21. The second-order valence-electron chi connectivity index (χ2n) is 5.26. The van der Waals surface area contributed by atoms with Crippen LogP contribution in [0.4, 0.5) is 5.95 Å². The number of benzene rings is 1. The number of aryl methyl sites for hydroxylation is 1. The summed E-state index contributed by atoms with van der Waals surface area (Å²) in [7, 11) is 1.80. The van der Waals surface area contributed by atoms with Crippen molar-refractivity contribution in [1.29, 1.82) is 0 Å². The van der Waals surface area contributed by atoms with Crippen LogP contribution >= 0.6 is 0 Å². The molecule has 1 amide bonds. The molecule has 0 atom stereocenters. The molecule has 2 N–H and O–H groups in total. The van der Waals surface area contributed by atoms with E-state index < -0.39 is 0 Å². The zero-order chi connectivity index (χ0) is 14.7. The Morgan fingerprint density at radius 1 is 1.29 bits per heavy atom. The van der Waals surface area contributed by atoms with E-state index in [0.717, 1.165) is 31.8 Å². The van der Waals surface area contributed by atoms with E-state index in [1.54, 1.807) is 23.9 Å². The lowest BCUT2D eigenvalue weighted by Crippen LogP contribution is -2.27. The van der Waals surface area contributed by atoms with E-state index in [-0.39, 0.29) is 5.91 Å². The number of hydrogen-bond acceptors (Lipinski definition) is 4. The monoisotopic (exact) mass is 285 g/mol. The molecule has 1 aromatic carbocycles. The maximum Gasteiger partial charge on any atom is 0.258 e. The molecule has 1 saturated heterocycles. The molecule has 1 aromatic heterocycles. The van der Waals surface area contributed by atoms with Crippen molar-refractivity contribution in [3.63, 3.8) is 0 Å². The van der Waals surface area contributed by atoms with Gasteiger partial charge in [0.15, 0.2) is 5.82 Å². The van der Waals surface area contributed by atoms with Gasteiger partial charge in [-0.25, -0.2) is 4.68 Å². The molecule has 1 aliphatic heterocycles. The molecule has 6 nitrogen and oxygen atoms in total. The lowest BCUT2D eigenvalue weighted by atomic mass is 9.98. The van der Waals surface area contributed by atoms with Crippen LogP contribution in [-0.2, 0) is 7.05 Å². The van der Waals surface area contributed by atoms with Crippen molar-refractivity contribution in [2.24, 2.45) is 7.05 Å². The number of amides is 1. The Kier molecular flexibility index (Phi) is 3.96. The number of carbonyl (C=O) groups excluding carboxylic acids is 1. The quantitative estimate of drug-likeness (QED) is 0.897. The number of anilines is 1. The van der Waals surface area contributed by atoms with Crippen molar-refractivity contribution < 1.29 is 4.79 Å². The van der Waals surface area contributed by atoms with Crippen molar-refractivity contribution in [3.05, 3.63) is 41.7 Å². The summed E-state index contributed by atoms with van der Waals surface area (Å²) in [5.41, 5.74) is 0.615. The third kappa shape index (κ3) is 3.11. The lowest BCUT2D eigenvalue weighted by Gasteiger charge is -2.19. The Morgan fingerprint density at radius 2 is 2.00 bits per heavy atom. The normalized spacial score (nSPS) is 15.9. The fourth-order valence-electron chi connectivity index (χ4n) is 2.53. The van der Waals surface area contributed by atoms with E-state index in [1.807, 2.05) is 18.2 Å². The topological polar surface area (TPSA) is 71.8 Å². The molecule has 2 heterocycles. The first-order chi connectivity index (χ1) is 10.2. The number of rotatable bonds is 3. The second kappa shape index (κ2) is 6.05. The predicted octanol–water partition coefficient (Wildman–Crippen LogP) is 1.53. The number of aromatic nitrogens is 3. The van der Waals surface area contributed by atoms with Gasteiger partial charge in [-0.15, -0.1) is 0 Å². The smallest absolute Gasteiger partial charge is 0.258 e. The standard InChI is InChI=1S/C15H19N5O/c1-20-15(18-14(21)12-5-3-2-4-6-12)17-13(19-20)11-7-9-16-10-8-11/h2-6,11,16H,7-10H2,1H3,(H,17,18,19,21). The number of carbonyl (C=O) groups is 1. The summed E-state index contributed by atoms with van der Waals surface area (Å²) in [6.07, 6.45) is 2.08. The molecular weight excluding hydrogens is 266 g/mol. The Labute approximate surface area is 123 Å². The van der Waals surface area contributed by atoms with E-state index in [0.29, 0.717) is 17.4 Å². The molecular formula is C15H19N5O. The van der Waals surface area contributed by atoms with E-state index in [4.69, 9.17) is 0 Å². The molecule has 0 unspecified atom stereocenters. The fourth-order valence-corrected chi connectivity index (χ4v) is 2.53. The van der Waals surface area contributed by atoms with Crippen LogP contribution in [0, 0.1) is 0 Å². The van der Waals surface area contributed by atoms with E-state index in [2.05, 4.69) is 20.7 Å². The molecule has 0 radical (unpaired) electrons. The molecule has 0 bridgehead atoms. The molecule has 1 fully saturated rings. The Balaban J connectivity index is 1.74. The van der Waals surface area contributed by atoms with E-state index in [9.17, 15) is 4.79 Å². The van der Waals surface area contributed by atoms with Crippen LogP contribution in [0.25, 0.3) is 0 Å². The summed E-state index contributed by atoms with van der Waals surface area (Å²) >= 11 is 0. The number of hydrogen-bond donors (Lipinski definition) is 2. The minimum Gasteiger partial charge on any atom is -0.317 e. The molecule has 3 rings (SSSR count). The van der Waals surface area contributed by atoms with Gasteiger partial charge in [0.25, 0.3) is 5.91 Å². The number of nitrogens with one attached hydrogen (secondary N) is 2. The largest absolute Gasteiger partial charge is 0.317 e. The van der Waals surface area contributed by atoms with Gasteiger partial charge < -0.3 is 5.32 Å². The van der Waals surface area contributed by atoms with Crippen molar-refractivity contribution in [2.45, 2.75) is 18.8 Å². The van der Waals surface area contributed by atoms with Crippen LogP contribution in [0.3, 0.4) is 0 Å². The molecule has 6 heteroatoms. The minimum atomic E-state index is -0.164. The van der Waals surface area contributed by atoms with Crippen molar-refractivity contribution in [2.75, 3.05) is 18.4 Å². The van der Waals surface area contributed by atoms with Crippen LogP contribution in [0.5, 0.6) is 0 Å². The van der Waals surface area contributed by atoms with Gasteiger partial charge in [0.05, 0.1) is 0 Å². The minimum absolute atomic E-state index is 0.164. The van der Waals surface area contributed by atoms with Gasteiger partial charge in [-0.3, -0.25) is 10.1 Å². The Bertz CT molecular complexity index is 616. The zero-order valence-electron chi connectivity index (χ0n) is 12.0. The summed E-state index contributed by atoms with van der Waals surface area (Å²) in [5.74, 6) is 1.53. The molecule has 2 aromatic rings. The average Bonchev–Trinajstić information content (AvgIpc) is 2.90. The van der Waals surface area contributed by atoms with Crippen LogP contribution < -0.4 is 10.6 Å². The zero-order valence-corrected chi connectivity index (χ0v) is 12.0. The molecule has 21 heavy (non-hydrogen) atoms. The highest BCUT2D eigenvalue weighted by Crippen LogP contribution is 2.23. The number of nitrogens with zero attached hydrogens (tertiary/aromatic N) is 3. The van der Waals surface area contributed by atoms with Crippen LogP contribution in [0.15, 0.2) is 30.3 Å². The molecule has 110 valence electrons. The van der Waals surface area contributed by atoms with Crippen LogP contribution in [-0.4, -0.2) is 33.8 Å². The van der Waals surface area contributed by atoms with Gasteiger partial charge in [0.1, 0.15) is 0 Å². The van der Waals surface area contributed by atoms with Crippen molar-refractivity contribution >= 4 is 11.9 Å². The summed E-state index contributed by atoms with van der Waals surface area (Å²) in [5, 5.41) is 10.6. The molecule has 1 aliphatic rings. The van der Waals surface area contributed by atoms with E-state index in [1.165, 1.54) is 0 Å². The third-order valence-corrected chi connectivity index (χ3v) is 3.75. The summed E-state index contributed by atoms with van der Waals surface area (Å²) in [6.45, 7) is 1.99. The highest BCUT2D eigenvalue weighted by molar-refractivity contribution is 6.03. The Morgan fingerprint density at radius 3 is 2.71 bits per heavy atom. The van der Waals surface area contributed by atoms with Crippen molar-refractivity contribution in [1.82, 2.24) is 20.1 Å². The predicted molar refractivity (Wildman–Crippen MR) is 80.2 cm³/mol. The lowest BCUT2D eigenvalue weighted by molar-refractivity contribution is 0.102. The van der Waals surface area contributed by atoms with Gasteiger partial charge in [0, 0.05) is 18.5 Å². The molecule has 0 saturated carbocycles. The third-order valence-electron chi connectivity index (χ3n) is 3.75. The summed E-state index contributed by atoms with van der Waals surface area (Å²) < 4.78 is 1.64. The van der Waals surface area contributed by atoms with Crippen molar-refractivity contribution in [3.8, 4) is 0 Å². The number of piperidine rings is 1. The molecule has 0 spiro atoms. The first-order valence-electron chi connectivity index (χ1n) is 7.22. The van der Waals surface area contributed by atoms with E-state index >= 15 is 0 Å². The summed E-state index contributed by atoms with van der Waals surface area (Å²) in [6, 6.07) is 9.12. The maximum atomic E-state index is 12.1. The average molecular weight is 285 g/mol. The highest BCUT2D eigenvalue weighted by Gasteiger charge is 2.21. The second-order valence-corrected chi connectivity index (χ2v) is 5.26. The van der Waals surface area contributed by atoms with Gasteiger partial charge in [-0.2, -0.15) is 10.1 Å². The van der Waals surface area contributed by atoms with Gasteiger partial charge in [0.2, 0.25) is 5.95 Å². The maximum absolute atomic E-state index is 12.1. The van der Waals surface area contributed by atoms with Gasteiger partial charge >= 0.3 is 0 Å². The summed E-state index contributed by atoms with van der Waals surface area (Å²) in [4.78, 5) is 16.6. The first kappa shape index (κ1) is 13.8. The fraction of sp³-hybridized carbons (Fsp3) is 0.400. The highest BCUT2D eigenvalue weighted by atomic mass is 16.1. The van der Waals surface area contributed by atoms with Gasteiger partial charge in [-0.1, -0.05) is 18.2 Å². The SMILES string of the molecule is Cn1nc(C2CCNCC2)nc1NC(=O)c1ccccc1. The van der Waals surface area contributed by atoms with Crippen LogP contribution in [0.2, 0.25) is 0 Å². The molecule has 0 aliphatic carbocycles. The first-order valence-corrected chi connectivity index (χ1v) is 7.22.